The number of halogens is 1. The Balaban J connectivity index is 3.14. The lowest BCUT2D eigenvalue weighted by Gasteiger charge is -2.09. The first-order chi connectivity index (χ1) is 5.66. The van der Waals surface area contributed by atoms with Gasteiger partial charge in [-0.05, 0) is 11.1 Å². The number of hydrogen-bond acceptors (Lipinski definition) is 1. The summed E-state index contributed by atoms with van der Waals surface area (Å²) in [5.74, 6) is 1.16. The van der Waals surface area contributed by atoms with Gasteiger partial charge in [-0.15, -0.1) is 0 Å². The monoisotopic (exact) mass is 183 g/mol. The van der Waals surface area contributed by atoms with E-state index in [4.69, 9.17) is 16.7 Å². The lowest BCUT2D eigenvalue weighted by molar-refractivity contribution is 0.282. The van der Waals surface area contributed by atoms with Crippen molar-refractivity contribution in [3.63, 3.8) is 0 Å². The van der Waals surface area contributed by atoms with Gasteiger partial charge in [0.2, 0.25) is 0 Å². The summed E-state index contributed by atoms with van der Waals surface area (Å²) in [4.78, 5) is 0. The molecule has 0 aliphatic rings. The Morgan fingerprint density at radius 2 is 2.08 bits per heavy atom. The van der Waals surface area contributed by atoms with Crippen molar-refractivity contribution < 1.29 is 5.11 Å². The molecule has 1 aromatic carbocycles. The topological polar surface area (TPSA) is 20.2 Å². The van der Waals surface area contributed by atoms with Gasteiger partial charge in [-0.1, -0.05) is 43.6 Å². The molecule has 1 N–H and O–H groups in total. The molecule has 0 saturated carbocycles. The zero-order valence-electron chi connectivity index (χ0n) is 7.26. The zero-order chi connectivity index (χ0) is 9.14. The molecule has 0 heterocycles. The predicted octanol–water partition coefficient (Wildman–Crippen LogP) is 2.79. The van der Waals surface area contributed by atoms with Gasteiger partial charge in [-0.3, -0.25) is 0 Å². The van der Waals surface area contributed by atoms with E-state index >= 15 is 0 Å². The molecule has 0 atom stereocenters. The zero-order valence-corrected chi connectivity index (χ0v) is 8.02. The van der Waals surface area contributed by atoms with E-state index < -0.39 is 0 Å². The molecule has 0 aliphatic carbocycles. The van der Waals surface area contributed by atoms with Crippen molar-refractivity contribution in [2.45, 2.75) is 20.5 Å². The van der Waals surface area contributed by atoms with Crippen LogP contribution in [-0.4, -0.2) is 5.11 Å². The maximum Gasteiger partial charge on any atom is 0.0696 e. The summed E-state index contributed by atoms with van der Waals surface area (Å²) in [6, 6.07) is 5.69. The molecule has 1 rings (SSSR count). The molecule has 1 radical (unpaired) electrons. The summed E-state index contributed by atoms with van der Waals surface area (Å²) in [6.07, 6.45) is 0. The van der Waals surface area contributed by atoms with Crippen LogP contribution in [0, 0.1) is 5.92 Å². The van der Waals surface area contributed by atoms with Crippen LogP contribution in [0.4, 0.5) is 0 Å². The van der Waals surface area contributed by atoms with Crippen molar-refractivity contribution in [1.82, 2.24) is 0 Å². The molecule has 0 aromatic heterocycles. The van der Waals surface area contributed by atoms with Gasteiger partial charge < -0.3 is 5.11 Å². The van der Waals surface area contributed by atoms with E-state index in [-0.39, 0.29) is 6.61 Å². The van der Waals surface area contributed by atoms with Gasteiger partial charge in [0.25, 0.3) is 0 Å². The van der Waals surface area contributed by atoms with Crippen LogP contribution in [0.3, 0.4) is 0 Å². The largest absolute Gasteiger partial charge is 0.392 e. The van der Waals surface area contributed by atoms with E-state index in [0.29, 0.717) is 5.02 Å². The van der Waals surface area contributed by atoms with Crippen molar-refractivity contribution in [3.8, 4) is 0 Å². The van der Waals surface area contributed by atoms with Gasteiger partial charge in [0.15, 0.2) is 0 Å². The molecular weight excluding hydrogens is 172 g/mol. The van der Waals surface area contributed by atoms with Gasteiger partial charge in [-0.25, -0.2) is 0 Å². The SMILES string of the molecule is C[C](C)c1cccc(CO)c1Cl. The highest BCUT2D eigenvalue weighted by molar-refractivity contribution is 6.32. The van der Waals surface area contributed by atoms with Gasteiger partial charge >= 0.3 is 0 Å². The Hall–Kier alpha value is -0.530. The van der Waals surface area contributed by atoms with Gasteiger partial charge in [-0.2, -0.15) is 0 Å². The predicted molar refractivity (Wildman–Crippen MR) is 51.1 cm³/mol. The Morgan fingerprint density at radius 1 is 1.42 bits per heavy atom. The fourth-order valence-electron chi connectivity index (χ4n) is 1.09. The highest BCUT2D eigenvalue weighted by Crippen LogP contribution is 2.26. The van der Waals surface area contributed by atoms with E-state index in [1.54, 1.807) is 0 Å². The van der Waals surface area contributed by atoms with Crippen molar-refractivity contribution in [1.29, 1.82) is 0 Å². The molecule has 0 spiro atoms. The fourth-order valence-corrected chi connectivity index (χ4v) is 1.46. The second kappa shape index (κ2) is 3.92. The Morgan fingerprint density at radius 3 is 2.58 bits per heavy atom. The standard InChI is InChI=1S/C10H12ClO/c1-7(2)9-5-3-4-8(6-12)10(9)11/h3-5,12H,6H2,1-2H3. The Labute approximate surface area is 78.0 Å². The molecule has 0 aliphatic heterocycles. The number of rotatable bonds is 2. The van der Waals surface area contributed by atoms with E-state index in [9.17, 15) is 0 Å². The molecule has 0 fully saturated rings. The summed E-state index contributed by atoms with van der Waals surface area (Å²) in [5.41, 5.74) is 1.80. The van der Waals surface area contributed by atoms with Crippen LogP contribution >= 0.6 is 11.6 Å². The number of hydrogen-bond donors (Lipinski definition) is 1. The number of aliphatic hydroxyl groups excluding tert-OH is 1. The minimum absolute atomic E-state index is 0.0000463. The molecule has 0 saturated heterocycles. The van der Waals surface area contributed by atoms with E-state index in [1.165, 1.54) is 0 Å². The summed E-state index contributed by atoms with van der Waals surface area (Å²) in [7, 11) is 0. The highest BCUT2D eigenvalue weighted by Gasteiger charge is 2.07. The molecule has 12 heavy (non-hydrogen) atoms. The Bertz CT molecular complexity index is 269. The maximum atomic E-state index is 8.93. The van der Waals surface area contributed by atoms with Crippen LogP contribution in [0.25, 0.3) is 0 Å². The molecule has 1 nitrogen and oxygen atoms in total. The van der Waals surface area contributed by atoms with Crippen LogP contribution in [0.5, 0.6) is 0 Å². The minimum atomic E-state index is -0.0000463. The van der Waals surface area contributed by atoms with E-state index in [2.05, 4.69) is 0 Å². The molecule has 0 unspecified atom stereocenters. The summed E-state index contributed by atoms with van der Waals surface area (Å²) >= 11 is 6.02. The first-order valence-electron chi connectivity index (χ1n) is 3.85. The van der Waals surface area contributed by atoms with E-state index in [0.717, 1.165) is 17.0 Å². The molecule has 65 valence electrons. The van der Waals surface area contributed by atoms with E-state index in [1.807, 2.05) is 32.0 Å². The third-order valence-electron chi connectivity index (χ3n) is 1.79. The summed E-state index contributed by atoms with van der Waals surface area (Å²) in [6.45, 7) is 4.00. The summed E-state index contributed by atoms with van der Waals surface area (Å²) in [5, 5.41) is 9.60. The number of benzene rings is 1. The molecule has 2 heteroatoms. The second-order valence-electron chi connectivity index (χ2n) is 2.94. The van der Waals surface area contributed by atoms with Crippen molar-refractivity contribution >= 4 is 11.6 Å². The summed E-state index contributed by atoms with van der Waals surface area (Å²) < 4.78 is 0. The van der Waals surface area contributed by atoms with Crippen LogP contribution in [0.15, 0.2) is 18.2 Å². The van der Waals surface area contributed by atoms with Crippen LogP contribution in [0.2, 0.25) is 5.02 Å². The van der Waals surface area contributed by atoms with Gasteiger partial charge in [0.1, 0.15) is 0 Å². The third-order valence-corrected chi connectivity index (χ3v) is 2.23. The molecule has 1 aromatic rings. The second-order valence-corrected chi connectivity index (χ2v) is 3.31. The smallest absolute Gasteiger partial charge is 0.0696 e. The lowest BCUT2D eigenvalue weighted by Crippen LogP contribution is -1.93. The average Bonchev–Trinajstić information content (AvgIpc) is 2.04. The molecular formula is C10H12ClO. The number of aliphatic hydroxyl groups is 1. The van der Waals surface area contributed by atoms with Crippen LogP contribution < -0.4 is 0 Å². The lowest BCUT2D eigenvalue weighted by atomic mass is 10.0. The maximum absolute atomic E-state index is 8.93. The van der Waals surface area contributed by atoms with Crippen molar-refractivity contribution in [3.05, 3.63) is 40.3 Å². The van der Waals surface area contributed by atoms with Crippen LogP contribution in [0.1, 0.15) is 25.0 Å². The average molecular weight is 184 g/mol. The van der Waals surface area contributed by atoms with Crippen molar-refractivity contribution in [2.75, 3.05) is 0 Å². The normalized spacial score (nSPS) is 10.8. The fraction of sp³-hybridized carbons (Fsp3) is 0.300. The van der Waals surface area contributed by atoms with Crippen LogP contribution in [-0.2, 0) is 6.61 Å². The highest BCUT2D eigenvalue weighted by atomic mass is 35.5. The minimum Gasteiger partial charge on any atom is -0.392 e. The first-order valence-corrected chi connectivity index (χ1v) is 4.23. The van der Waals surface area contributed by atoms with Gasteiger partial charge in [0, 0.05) is 10.9 Å². The molecule has 0 bridgehead atoms. The van der Waals surface area contributed by atoms with Crippen molar-refractivity contribution in [2.24, 2.45) is 0 Å². The first kappa shape index (κ1) is 9.56. The van der Waals surface area contributed by atoms with Gasteiger partial charge in [0.05, 0.1) is 6.61 Å². The quantitative estimate of drug-likeness (QED) is 0.748. The molecule has 0 amide bonds. The third kappa shape index (κ3) is 1.79. The Kier molecular flexibility index (Phi) is 3.12.